The molecule has 0 amide bonds. The van der Waals surface area contributed by atoms with Crippen LogP contribution in [-0.4, -0.2) is 5.54 Å². The Hall–Kier alpha value is 0.440. The fourth-order valence-electron chi connectivity index (χ4n) is 5.60. The minimum Gasteiger partial charge on any atom is -1.00 e. The van der Waals surface area contributed by atoms with Crippen molar-refractivity contribution in [1.29, 1.82) is 0 Å². The van der Waals surface area contributed by atoms with Gasteiger partial charge in [0.2, 0.25) is 0 Å². The van der Waals surface area contributed by atoms with E-state index in [1.54, 1.807) is 0 Å². The summed E-state index contributed by atoms with van der Waals surface area (Å²) in [5, 5.41) is 0. The quantitative estimate of drug-likeness (QED) is 0.174. The number of quaternary nitrogens is 1. The molecule has 184 valence electrons. The predicted molar refractivity (Wildman–Crippen MR) is 133 cm³/mol. The van der Waals surface area contributed by atoms with Crippen LogP contribution in [0.5, 0.6) is 0 Å². The molecule has 0 saturated carbocycles. The van der Waals surface area contributed by atoms with Gasteiger partial charge in [-0.05, 0) is 32.1 Å². The molecule has 0 heterocycles. The van der Waals surface area contributed by atoms with Crippen molar-refractivity contribution in [2.45, 2.75) is 175 Å². The van der Waals surface area contributed by atoms with Crippen molar-refractivity contribution in [3.63, 3.8) is 0 Å². The SMILES string of the molecule is CCCCCCC([NH3+])(CCCCCC)C(CC)(CCCCCC)CCCCCC.[Br-]. The van der Waals surface area contributed by atoms with E-state index >= 15 is 0 Å². The maximum absolute atomic E-state index is 5.11. The summed E-state index contributed by atoms with van der Waals surface area (Å²) in [4.78, 5) is 0. The first-order chi connectivity index (χ1) is 14.1. The van der Waals surface area contributed by atoms with Gasteiger partial charge in [0.1, 0.15) is 5.54 Å². The van der Waals surface area contributed by atoms with Crippen LogP contribution in [0, 0.1) is 5.41 Å². The van der Waals surface area contributed by atoms with Crippen molar-refractivity contribution in [2.75, 3.05) is 0 Å². The Morgan fingerprint density at radius 2 is 0.733 bits per heavy atom. The van der Waals surface area contributed by atoms with Crippen LogP contribution in [0.3, 0.4) is 0 Å². The van der Waals surface area contributed by atoms with Crippen molar-refractivity contribution in [3.05, 3.63) is 0 Å². The third-order valence-corrected chi connectivity index (χ3v) is 7.84. The molecule has 0 radical (unpaired) electrons. The summed E-state index contributed by atoms with van der Waals surface area (Å²) in [5.41, 5.74) is 5.89. The van der Waals surface area contributed by atoms with Crippen LogP contribution in [0.1, 0.15) is 169 Å². The first-order valence-electron chi connectivity index (χ1n) is 13.9. The number of hydrogen-bond donors (Lipinski definition) is 1. The second-order valence-electron chi connectivity index (χ2n) is 10.2. The van der Waals surface area contributed by atoms with Crippen molar-refractivity contribution < 1.29 is 22.7 Å². The average molecular weight is 491 g/mol. The maximum atomic E-state index is 5.11. The molecule has 0 aromatic heterocycles. The molecule has 2 heteroatoms. The minimum atomic E-state index is 0. The second kappa shape index (κ2) is 21.3. The fraction of sp³-hybridized carbons (Fsp3) is 1.00. The average Bonchev–Trinajstić information content (AvgIpc) is 2.73. The van der Waals surface area contributed by atoms with E-state index in [2.05, 4.69) is 34.6 Å². The lowest BCUT2D eigenvalue weighted by atomic mass is 9.59. The molecule has 3 N–H and O–H groups in total. The van der Waals surface area contributed by atoms with E-state index in [1.807, 2.05) is 0 Å². The van der Waals surface area contributed by atoms with Gasteiger partial charge in [-0.25, -0.2) is 0 Å². The molecule has 1 nitrogen and oxygen atoms in total. The topological polar surface area (TPSA) is 27.6 Å². The monoisotopic (exact) mass is 489 g/mol. The van der Waals surface area contributed by atoms with E-state index in [9.17, 15) is 0 Å². The highest BCUT2D eigenvalue weighted by atomic mass is 79.9. The molecule has 0 atom stereocenters. The van der Waals surface area contributed by atoms with Gasteiger partial charge in [0.05, 0.1) is 0 Å². The van der Waals surface area contributed by atoms with Crippen LogP contribution in [0.25, 0.3) is 0 Å². The zero-order chi connectivity index (χ0) is 21.8. The Balaban J connectivity index is 0. The fourth-order valence-corrected chi connectivity index (χ4v) is 5.60. The van der Waals surface area contributed by atoms with Gasteiger partial charge < -0.3 is 22.7 Å². The molecule has 0 fully saturated rings. The van der Waals surface area contributed by atoms with Crippen LogP contribution in [0.15, 0.2) is 0 Å². The van der Waals surface area contributed by atoms with Crippen LogP contribution < -0.4 is 22.7 Å². The molecule has 0 aromatic rings. The summed E-state index contributed by atoms with van der Waals surface area (Å²) in [6.45, 7) is 11.8. The summed E-state index contributed by atoms with van der Waals surface area (Å²) < 4.78 is 0. The molecule has 0 bridgehead atoms. The van der Waals surface area contributed by atoms with Crippen LogP contribution in [0.4, 0.5) is 0 Å². The first kappa shape index (κ1) is 32.6. The number of unbranched alkanes of at least 4 members (excludes halogenated alkanes) is 12. The third-order valence-electron chi connectivity index (χ3n) is 7.84. The standard InChI is InChI=1S/C28H59N.BrH/c1-6-11-15-19-23-27(10-5,24-20-16-12-7-2)28(29,25-21-17-13-8-3)26-22-18-14-9-4;/h6-26,29H2,1-5H3;1H. The van der Waals surface area contributed by atoms with E-state index in [4.69, 9.17) is 5.73 Å². The summed E-state index contributed by atoms with van der Waals surface area (Å²) in [6.07, 6.45) is 29.3. The van der Waals surface area contributed by atoms with Crippen LogP contribution >= 0.6 is 0 Å². The molecule has 0 unspecified atom stereocenters. The van der Waals surface area contributed by atoms with E-state index in [-0.39, 0.29) is 17.0 Å². The molecule has 30 heavy (non-hydrogen) atoms. The lowest BCUT2D eigenvalue weighted by molar-refractivity contribution is -0.515. The van der Waals surface area contributed by atoms with Crippen molar-refractivity contribution >= 4 is 0 Å². The van der Waals surface area contributed by atoms with E-state index in [0.717, 1.165) is 0 Å². The van der Waals surface area contributed by atoms with Gasteiger partial charge in [0, 0.05) is 18.3 Å². The van der Waals surface area contributed by atoms with Crippen LogP contribution in [0.2, 0.25) is 0 Å². The Morgan fingerprint density at radius 1 is 0.433 bits per heavy atom. The van der Waals surface area contributed by atoms with Gasteiger partial charge in [0.25, 0.3) is 0 Å². The molecular formula is C28H60BrN. The second-order valence-corrected chi connectivity index (χ2v) is 10.2. The van der Waals surface area contributed by atoms with Gasteiger partial charge in [-0.2, -0.15) is 0 Å². The first-order valence-corrected chi connectivity index (χ1v) is 13.9. The lowest BCUT2D eigenvalue weighted by Gasteiger charge is -2.47. The Labute approximate surface area is 202 Å². The van der Waals surface area contributed by atoms with Crippen LogP contribution in [-0.2, 0) is 0 Å². The van der Waals surface area contributed by atoms with Crippen molar-refractivity contribution in [1.82, 2.24) is 0 Å². The normalized spacial score (nSPS) is 12.2. The molecular weight excluding hydrogens is 430 g/mol. The highest BCUT2D eigenvalue weighted by Gasteiger charge is 2.48. The smallest absolute Gasteiger partial charge is 0.100 e. The lowest BCUT2D eigenvalue weighted by Crippen LogP contribution is -3.00. The number of hydrogen-bond acceptors (Lipinski definition) is 0. The van der Waals surface area contributed by atoms with Crippen molar-refractivity contribution in [3.8, 4) is 0 Å². The largest absolute Gasteiger partial charge is 1.00 e. The Kier molecular flexibility index (Phi) is 23.2. The molecule has 0 aliphatic heterocycles. The Morgan fingerprint density at radius 3 is 1.00 bits per heavy atom. The maximum Gasteiger partial charge on any atom is 0.100 e. The summed E-state index contributed by atoms with van der Waals surface area (Å²) >= 11 is 0. The summed E-state index contributed by atoms with van der Waals surface area (Å²) in [7, 11) is 0. The number of rotatable bonds is 22. The van der Waals surface area contributed by atoms with Crippen molar-refractivity contribution in [2.24, 2.45) is 5.41 Å². The van der Waals surface area contributed by atoms with Gasteiger partial charge in [0.15, 0.2) is 0 Å². The minimum absolute atomic E-state index is 0. The molecule has 0 aliphatic carbocycles. The zero-order valence-electron chi connectivity index (χ0n) is 21.9. The Bertz CT molecular complexity index is 318. The summed E-state index contributed by atoms with van der Waals surface area (Å²) in [6, 6.07) is 0. The van der Waals surface area contributed by atoms with Gasteiger partial charge in [-0.15, -0.1) is 0 Å². The van der Waals surface area contributed by atoms with E-state index in [0.29, 0.717) is 11.0 Å². The summed E-state index contributed by atoms with van der Waals surface area (Å²) in [5.74, 6) is 0. The highest BCUT2D eigenvalue weighted by molar-refractivity contribution is 4.97. The van der Waals surface area contributed by atoms with Gasteiger partial charge in [-0.1, -0.05) is 125 Å². The van der Waals surface area contributed by atoms with E-state index in [1.165, 1.54) is 135 Å². The molecule has 0 spiro atoms. The zero-order valence-corrected chi connectivity index (χ0v) is 23.5. The van der Waals surface area contributed by atoms with Gasteiger partial charge in [-0.3, -0.25) is 0 Å². The van der Waals surface area contributed by atoms with E-state index < -0.39 is 0 Å². The molecule has 0 rings (SSSR count). The predicted octanol–water partition coefficient (Wildman–Crippen LogP) is 6.25. The molecule has 0 aromatic carbocycles. The highest BCUT2D eigenvalue weighted by Crippen LogP contribution is 2.47. The molecule has 0 aliphatic rings. The number of halogens is 1. The third kappa shape index (κ3) is 13.1. The molecule has 0 saturated heterocycles. The van der Waals surface area contributed by atoms with Gasteiger partial charge >= 0.3 is 0 Å².